The number of benzene rings is 2. The number of hydrogen-bond acceptors (Lipinski definition) is 3. The lowest BCUT2D eigenvalue weighted by Gasteiger charge is -2.11. The highest BCUT2D eigenvalue weighted by molar-refractivity contribution is 5.99. The number of hydrogen-bond donors (Lipinski definition) is 1. The Morgan fingerprint density at radius 1 is 1.09 bits per heavy atom. The molecule has 0 bridgehead atoms. The highest BCUT2D eigenvalue weighted by atomic mass is 16.7. The van der Waals surface area contributed by atoms with Crippen molar-refractivity contribution < 1.29 is 14.6 Å². The summed E-state index contributed by atoms with van der Waals surface area (Å²) in [6.45, 7) is 4.09. The normalized spacial score (nSPS) is 10.6. The predicted molar refractivity (Wildman–Crippen MR) is 85.3 cm³/mol. The summed E-state index contributed by atoms with van der Waals surface area (Å²) in [7, 11) is 0. The zero-order chi connectivity index (χ0) is 15.7. The lowest BCUT2D eigenvalue weighted by Crippen LogP contribution is -2.04. The minimum Gasteiger partial charge on any atom is -0.449 e. The maximum atomic E-state index is 10.8. The van der Waals surface area contributed by atoms with Gasteiger partial charge in [-0.3, -0.25) is 4.98 Å². The van der Waals surface area contributed by atoms with E-state index in [2.05, 4.69) is 11.1 Å². The maximum Gasteiger partial charge on any atom is 0.511 e. The number of rotatable bonds is 2. The van der Waals surface area contributed by atoms with Crippen molar-refractivity contribution in [1.82, 2.24) is 4.98 Å². The SMILES string of the molecule is Cc1ccc(-c2ncc(OC(=O)O)c3ccccc23)c(C)c1. The van der Waals surface area contributed by atoms with E-state index in [0.29, 0.717) is 0 Å². The zero-order valence-electron chi connectivity index (χ0n) is 12.3. The molecular formula is C18H15NO3. The van der Waals surface area contributed by atoms with Gasteiger partial charge in [-0.15, -0.1) is 0 Å². The molecule has 0 saturated carbocycles. The molecule has 0 radical (unpaired) electrons. The molecule has 0 saturated heterocycles. The molecule has 1 heterocycles. The molecule has 0 aliphatic heterocycles. The van der Waals surface area contributed by atoms with Crippen molar-refractivity contribution in [3.05, 3.63) is 59.8 Å². The summed E-state index contributed by atoms with van der Waals surface area (Å²) in [6, 6.07) is 13.7. The van der Waals surface area contributed by atoms with Crippen LogP contribution in [0.2, 0.25) is 0 Å². The quantitative estimate of drug-likeness (QED) is 0.703. The van der Waals surface area contributed by atoms with E-state index in [0.717, 1.165) is 27.6 Å². The Morgan fingerprint density at radius 2 is 1.82 bits per heavy atom. The van der Waals surface area contributed by atoms with Crippen molar-refractivity contribution in [1.29, 1.82) is 0 Å². The van der Waals surface area contributed by atoms with E-state index in [1.54, 1.807) is 0 Å². The molecule has 3 rings (SSSR count). The Bertz CT molecular complexity index is 871. The molecular weight excluding hydrogens is 278 g/mol. The molecule has 0 fully saturated rings. The molecule has 4 nitrogen and oxygen atoms in total. The van der Waals surface area contributed by atoms with Crippen molar-refractivity contribution in [3.63, 3.8) is 0 Å². The third kappa shape index (κ3) is 2.51. The second kappa shape index (κ2) is 5.48. The summed E-state index contributed by atoms with van der Waals surface area (Å²) in [5.41, 5.74) is 4.18. The Balaban J connectivity index is 2.25. The van der Waals surface area contributed by atoms with Gasteiger partial charge < -0.3 is 9.84 Å². The third-order valence-electron chi connectivity index (χ3n) is 3.59. The Hall–Kier alpha value is -2.88. The minimum absolute atomic E-state index is 0.247. The number of nitrogens with zero attached hydrogens (tertiary/aromatic N) is 1. The Kier molecular flexibility index (Phi) is 3.51. The van der Waals surface area contributed by atoms with Gasteiger partial charge in [-0.1, -0.05) is 48.0 Å². The summed E-state index contributed by atoms with van der Waals surface area (Å²) in [5, 5.41) is 10.4. The van der Waals surface area contributed by atoms with E-state index >= 15 is 0 Å². The van der Waals surface area contributed by atoms with E-state index in [1.807, 2.05) is 50.2 Å². The molecule has 3 aromatic rings. The molecule has 0 spiro atoms. The van der Waals surface area contributed by atoms with Gasteiger partial charge >= 0.3 is 6.16 Å². The molecule has 22 heavy (non-hydrogen) atoms. The zero-order valence-corrected chi connectivity index (χ0v) is 12.3. The topological polar surface area (TPSA) is 59.4 Å². The molecule has 0 atom stereocenters. The van der Waals surface area contributed by atoms with Crippen molar-refractivity contribution >= 4 is 16.9 Å². The fraction of sp³-hybridized carbons (Fsp3) is 0.111. The second-order valence-electron chi connectivity index (χ2n) is 5.20. The van der Waals surface area contributed by atoms with Crippen LogP contribution >= 0.6 is 0 Å². The first kappa shape index (κ1) is 14.1. The van der Waals surface area contributed by atoms with Crippen molar-refractivity contribution in [2.45, 2.75) is 13.8 Å². The predicted octanol–water partition coefficient (Wildman–Crippen LogP) is 4.58. The minimum atomic E-state index is -1.34. The summed E-state index contributed by atoms with van der Waals surface area (Å²) >= 11 is 0. The van der Waals surface area contributed by atoms with Crippen LogP contribution in [0.5, 0.6) is 5.75 Å². The second-order valence-corrected chi connectivity index (χ2v) is 5.20. The molecule has 2 aromatic carbocycles. The number of pyridine rings is 1. The fourth-order valence-corrected chi connectivity index (χ4v) is 2.64. The van der Waals surface area contributed by atoms with Crippen molar-refractivity contribution in [3.8, 4) is 17.0 Å². The highest BCUT2D eigenvalue weighted by Gasteiger charge is 2.13. The summed E-state index contributed by atoms with van der Waals surface area (Å²) in [4.78, 5) is 15.2. The van der Waals surface area contributed by atoms with Gasteiger partial charge in [0.05, 0.1) is 11.9 Å². The van der Waals surface area contributed by atoms with Gasteiger partial charge in [-0.05, 0) is 19.4 Å². The lowest BCUT2D eigenvalue weighted by molar-refractivity contribution is 0.145. The summed E-state index contributed by atoms with van der Waals surface area (Å²) < 4.78 is 4.82. The van der Waals surface area contributed by atoms with Crippen LogP contribution in [0.1, 0.15) is 11.1 Å². The highest BCUT2D eigenvalue weighted by Crippen LogP contribution is 2.34. The van der Waals surface area contributed by atoms with Crippen LogP contribution < -0.4 is 4.74 Å². The van der Waals surface area contributed by atoms with Crippen molar-refractivity contribution in [2.75, 3.05) is 0 Å². The molecule has 4 heteroatoms. The first-order valence-electron chi connectivity index (χ1n) is 6.92. The smallest absolute Gasteiger partial charge is 0.449 e. The van der Waals surface area contributed by atoms with Gasteiger partial charge in [0.25, 0.3) is 0 Å². The maximum absolute atomic E-state index is 10.8. The first-order valence-corrected chi connectivity index (χ1v) is 6.92. The monoisotopic (exact) mass is 293 g/mol. The van der Waals surface area contributed by atoms with Gasteiger partial charge in [0.2, 0.25) is 0 Å². The summed E-state index contributed by atoms with van der Waals surface area (Å²) in [5.74, 6) is 0.247. The number of ether oxygens (including phenoxy) is 1. The number of aryl methyl sites for hydroxylation is 2. The van der Waals surface area contributed by atoms with Gasteiger partial charge in [-0.25, -0.2) is 4.79 Å². The molecule has 0 aliphatic rings. The molecule has 1 N–H and O–H groups in total. The number of carbonyl (C=O) groups is 1. The first-order chi connectivity index (χ1) is 10.6. The van der Waals surface area contributed by atoms with Gasteiger partial charge in [0.15, 0.2) is 5.75 Å². The molecule has 1 aromatic heterocycles. The standard InChI is InChI=1S/C18H15NO3/c1-11-7-8-13(12(2)9-11)17-15-6-4-3-5-14(15)16(10-19-17)22-18(20)21/h3-10H,1-2H3,(H,20,21). The average molecular weight is 293 g/mol. The molecule has 0 aliphatic carbocycles. The molecule has 0 amide bonds. The van der Waals surface area contributed by atoms with Crippen LogP contribution in [0.4, 0.5) is 4.79 Å². The van der Waals surface area contributed by atoms with Gasteiger partial charge in [0.1, 0.15) is 0 Å². The lowest BCUT2D eigenvalue weighted by atomic mass is 9.98. The van der Waals surface area contributed by atoms with E-state index in [4.69, 9.17) is 9.84 Å². The van der Waals surface area contributed by atoms with Crippen LogP contribution in [0.15, 0.2) is 48.7 Å². The number of carboxylic acid groups (broad SMARTS) is 1. The van der Waals surface area contributed by atoms with Crippen LogP contribution in [-0.2, 0) is 0 Å². The number of aromatic nitrogens is 1. The molecule has 0 unspecified atom stereocenters. The van der Waals surface area contributed by atoms with Crippen molar-refractivity contribution in [2.24, 2.45) is 0 Å². The van der Waals surface area contributed by atoms with Gasteiger partial charge in [0, 0.05) is 16.3 Å². The van der Waals surface area contributed by atoms with Crippen LogP contribution in [0, 0.1) is 13.8 Å². The van der Waals surface area contributed by atoms with E-state index in [1.165, 1.54) is 11.8 Å². The molecule has 110 valence electrons. The third-order valence-corrected chi connectivity index (χ3v) is 3.59. The van der Waals surface area contributed by atoms with Crippen LogP contribution in [0.25, 0.3) is 22.0 Å². The largest absolute Gasteiger partial charge is 0.511 e. The van der Waals surface area contributed by atoms with E-state index in [9.17, 15) is 4.79 Å². The van der Waals surface area contributed by atoms with Gasteiger partial charge in [-0.2, -0.15) is 0 Å². The number of fused-ring (bicyclic) bond motifs is 1. The Morgan fingerprint density at radius 3 is 2.50 bits per heavy atom. The van der Waals surface area contributed by atoms with Crippen LogP contribution in [-0.4, -0.2) is 16.2 Å². The van der Waals surface area contributed by atoms with E-state index in [-0.39, 0.29) is 5.75 Å². The van der Waals surface area contributed by atoms with Crippen LogP contribution in [0.3, 0.4) is 0 Å². The van der Waals surface area contributed by atoms with E-state index < -0.39 is 6.16 Å². The average Bonchev–Trinajstić information content (AvgIpc) is 2.48. The summed E-state index contributed by atoms with van der Waals surface area (Å²) in [6.07, 6.45) is 0.122. The Labute approximate surface area is 128 Å². The fourth-order valence-electron chi connectivity index (χ4n) is 2.64.